The molecule has 0 saturated carbocycles. The number of nitrogens with zero attached hydrogens (tertiary/aromatic N) is 1. The molecule has 1 aliphatic heterocycles. The van der Waals surface area contributed by atoms with Crippen LogP contribution >= 0.6 is 0 Å². The Morgan fingerprint density at radius 1 is 1.19 bits per heavy atom. The fraction of sp³-hybridized carbons (Fsp3) is 0.200. The summed E-state index contributed by atoms with van der Waals surface area (Å²) < 4.78 is 18.7. The number of nitrogens with one attached hydrogen (secondary N) is 2. The maximum absolute atomic E-state index is 13.0. The first-order chi connectivity index (χ1) is 12.6. The van der Waals surface area contributed by atoms with Crippen LogP contribution in [0, 0.1) is 5.82 Å². The van der Waals surface area contributed by atoms with Crippen molar-refractivity contribution in [2.45, 2.75) is 26.1 Å². The van der Waals surface area contributed by atoms with Gasteiger partial charge in [-0.1, -0.05) is 6.07 Å². The molecule has 2 N–H and O–H groups in total. The Bertz CT molecular complexity index is 950. The number of hydrogen-bond donors (Lipinski definition) is 2. The fourth-order valence-corrected chi connectivity index (χ4v) is 3.01. The van der Waals surface area contributed by atoms with Crippen molar-refractivity contribution in [2.75, 3.05) is 0 Å². The molecule has 1 atom stereocenters. The van der Waals surface area contributed by atoms with Crippen LogP contribution in [-0.2, 0) is 13.1 Å². The zero-order chi connectivity index (χ0) is 18.1. The van der Waals surface area contributed by atoms with Crippen LogP contribution < -0.4 is 10.6 Å². The van der Waals surface area contributed by atoms with Crippen LogP contribution in [0.15, 0.2) is 53.1 Å². The average molecular weight is 351 g/mol. The Morgan fingerprint density at radius 2 is 1.96 bits per heavy atom. The Hall–Kier alpha value is -2.99. The van der Waals surface area contributed by atoms with Gasteiger partial charge in [-0.25, -0.2) is 9.37 Å². The lowest BCUT2D eigenvalue weighted by Gasteiger charge is -2.11. The molecule has 5 nitrogen and oxygen atoms in total. The number of aromatic nitrogens is 1. The van der Waals surface area contributed by atoms with Crippen LogP contribution in [0.4, 0.5) is 4.39 Å². The smallest absolute Gasteiger partial charge is 0.251 e. The summed E-state index contributed by atoms with van der Waals surface area (Å²) in [6.07, 6.45) is 1.58. The Labute approximate surface area is 150 Å². The maximum Gasteiger partial charge on any atom is 0.251 e. The van der Waals surface area contributed by atoms with Gasteiger partial charge in [-0.05, 0) is 54.4 Å². The monoisotopic (exact) mass is 351 g/mol. The standard InChI is InChI=1S/C20H18FN3O2/c1-12(20-23-11-18(26-20)13-4-6-17(21)7-5-13)24-19(25)14-2-3-15-9-22-10-16(15)8-14/h2-8,11-12,22H,9-10H2,1H3,(H,24,25). The lowest BCUT2D eigenvalue weighted by Crippen LogP contribution is -2.26. The molecule has 0 saturated heterocycles. The van der Waals surface area contributed by atoms with Crippen molar-refractivity contribution in [3.63, 3.8) is 0 Å². The van der Waals surface area contributed by atoms with Gasteiger partial charge in [-0.3, -0.25) is 4.79 Å². The summed E-state index contributed by atoms with van der Waals surface area (Å²) in [6.45, 7) is 3.44. The van der Waals surface area contributed by atoms with E-state index >= 15 is 0 Å². The van der Waals surface area contributed by atoms with Crippen molar-refractivity contribution in [1.82, 2.24) is 15.6 Å². The van der Waals surface area contributed by atoms with Gasteiger partial charge in [-0.15, -0.1) is 0 Å². The minimum Gasteiger partial charge on any atom is -0.438 e. The highest BCUT2D eigenvalue weighted by Gasteiger charge is 2.18. The molecule has 4 rings (SSSR count). The predicted octanol–water partition coefficient (Wildman–Crippen LogP) is 3.57. The van der Waals surface area contributed by atoms with Gasteiger partial charge in [0.05, 0.1) is 6.20 Å². The number of oxazole rings is 1. The summed E-state index contributed by atoms with van der Waals surface area (Å²) in [5, 5.41) is 6.16. The largest absolute Gasteiger partial charge is 0.438 e. The summed E-state index contributed by atoms with van der Waals surface area (Å²) in [4.78, 5) is 16.7. The van der Waals surface area contributed by atoms with Crippen LogP contribution in [0.25, 0.3) is 11.3 Å². The highest BCUT2D eigenvalue weighted by Crippen LogP contribution is 2.24. The Kier molecular flexibility index (Phi) is 4.26. The van der Waals surface area contributed by atoms with Crippen molar-refractivity contribution in [2.24, 2.45) is 0 Å². The van der Waals surface area contributed by atoms with E-state index in [9.17, 15) is 9.18 Å². The predicted molar refractivity (Wildman–Crippen MR) is 94.8 cm³/mol. The Balaban J connectivity index is 1.47. The average Bonchev–Trinajstić information content (AvgIpc) is 3.31. The molecule has 6 heteroatoms. The number of halogens is 1. The van der Waals surface area contributed by atoms with Gasteiger partial charge in [-0.2, -0.15) is 0 Å². The zero-order valence-corrected chi connectivity index (χ0v) is 14.3. The molecule has 0 bridgehead atoms. The lowest BCUT2D eigenvalue weighted by atomic mass is 10.1. The molecule has 132 valence electrons. The van der Waals surface area contributed by atoms with E-state index in [0.717, 1.165) is 24.2 Å². The van der Waals surface area contributed by atoms with E-state index in [1.54, 1.807) is 18.3 Å². The first kappa shape index (κ1) is 16.5. The van der Waals surface area contributed by atoms with E-state index in [-0.39, 0.29) is 17.8 Å². The van der Waals surface area contributed by atoms with Gasteiger partial charge in [0.15, 0.2) is 5.76 Å². The number of amides is 1. The van der Waals surface area contributed by atoms with E-state index in [4.69, 9.17) is 4.42 Å². The second kappa shape index (κ2) is 6.72. The summed E-state index contributed by atoms with van der Waals surface area (Å²) in [5.74, 6) is 0.456. The van der Waals surface area contributed by atoms with Crippen LogP contribution in [0.5, 0.6) is 0 Å². The number of fused-ring (bicyclic) bond motifs is 1. The number of carbonyl (C=O) groups is 1. The highest BCUT2D eigenvalue weighted by molar-refractivity contribution is 5.94. The van der Waals surface area contributed by atoms with Crippen LogP contribution in [0.2, 0.25) is 0 Å². The molecule has 0 aliphatic carbocycles. The third-order valence-electron chi connectivity index (χ3n) is 4.47. The molecule has 1 aromatic heterocycles. The molecule has 3 aromatic rings. The molecule has 1 unspecified atom stereocenters. The summed E-state index contributed by atoms with van der Waals surface area (Å²) >= 11 is 0. The van der Waals surface area contributed by atoms with Crippen molar-refractivity contribution in [3.05, 3.63) is 77.1 Å². The van der Waals surface area contributed by atoms with Crippen molar-refractivity contribution >= 4 is 5.91 Å². The first-order valence-electron chi connectivity index (χ1n) is 8.45. The van der Waals surface area contributed by atoms with E-state index in [0.29, 0.717) is 17.2 Å². The van der Waals surface area contributed by atoms with Gasteiger partial charge in [0, 0.05) is 24.2 Å². The lowest BCUT2D eigenvalue weighted by molar-refractivity contribution is 0.0934. The van der Waals surface area contributed by atoms with Crippen molar-refractivity contribution in [3.8, 4) is 11.3 Å². The SMILES string of the molecule is CC(NC(=O)c1ccc2c(c1)CNC2)c1ncc(-c2ccc(F)cc2)o1. The third-order valence-corrected chi connectivity index (χ3v) is 4.47. The second-order valence-corrected chi connectivity index (χ2v) is 6.35. The van der Waals surface area contributed by atoms with Gasteiger partial charge in [0.25, 0.3) is 5.91 Å². The highest BCUT2D eigenvalue weighted by atomic mass is 19.1. The molecular formula is C20H18FN3O2. The van der Waals surface area contributed by atoms with Crippen LogP contribution in [0.3, 0.4) is 0 Å². The number of hydrogen-bond acceptors (Lipinski definition) is 4. The molecule has 0 spiro atoms. The molecule has 1 aliphatic rings. The van der Waals surface area contributed by atoms with E-state index in [2.05, 4.69) is 15.6 Å². The molecule has 26 heavy (non-hydrogen) atoms. The van der Waals surface area contributed by atoms with E-state index in [1.165, 1.54) is 17.7 Å². The van der Waals surface area contributed by atoms with Gasteiger partial charge < -0.3 is 15.1 Å². The van der Waals surface area contributed by atoms with E-state index in [1.807, 2.05) is 25.1 Å². The van der Waals surface area contributed by atoms with Crippen LogP contribution in [0.1, 0.15) is 40.3 Å². The number of benzene rings is 2. The van der Waals surface area contributed by atoms with Crippen molar-refractivity contribution in [1.29, 1.82) is 0 Å². The van der Waals surface area contributed by atoms with Gasteiger partial charge >= 0.3 is 0 Å². The summed E-state index contributed by atoms with van der Waals surface area (Å²) in [7, 11) is 0. The minimum absolute atomic E-state index is 0.172. The zero-order valence-electron chi connectivity index (χ0n) is 14.3. The van der Waals surface area contributed by atoms with E-state index < -0.39 is 0 Å². The molecular weight excluding hydrogens is 333 g/mol. The normalized spacial score (nSPS) is 14.1. The summed E-state index contributed by atoms with van der Waals surface area (Å²) in [5.41, 5.74) is 3.73. The number of carbonyl (C=O) groups excluding carboxylic acids is 1. The minimum atomic E-state index is -0.386. The van der Waals surface area contributed by atoms with Crippen molar-refractivity contribution < 1.29 is 13.6 Å². The van der Waals surface area contributed by atoms with Gasteiger partial charge in [0.2, 0.25) is 5.89 Å². The second-order valence-electron chi connectivity index (χ2n) is 6.35. The molecule has 0 fully saturated rings. The fourth-order valence-electron chi connectivity index (χ4n) is 3.01. The third kappa shape index (κ3) is 3.23. The molecule has 0 radical (unpaired) electrons. The van der Waals surface area contributed by atoms with Crippen LogP contribution in [-0.4, -0.2) is 10.9 Å². The first-order valence-corrected chi connectivity index (χ1v) is 8.45. The molecule has 2 aromatic carbocycles. The maximum atomic E-state index is 13.0. The topological polar surface area (TPSA) is 67.2 Å². The quantitative estimate of drug-likeness (QED) is 0.754. The molecule has 1 amide bonds. The number of rotatable bonds is 4. The van der Waals surface area contributed by atoms with Gasteiger partial charge in [0.1, 0.15) is 11.9 Å². The molecule has 2 heterocycles. The Morgan fingerprint density at radius 3 is 2.77 bits per heavy atom. The summed E-state index contributed by atoms with van der Waals surface area (Å²) in [6, 6.07) is 11.3.